The van der Waals surface area contributed by atoms with E-state index >= 15 is 0 Å². The Balaban J connectivity index is 2.18. The SMILES string of the molecule is Cn1ncc(C(=O)N(CCO)C2CC2)c1N. The smallest absolute Gasteiger partial charge is 0.259 e. The van der Waals surface area contributed by atoms with Crippen LogP contribution in [-0.2, 0) is 7.05 Å². The number of carbonyl (C=O) groups is 1. The van der Waals surface area contributed by atoms with Crippen molar-refractivity contribution in [1.82, 2.24) is 14.7 Å². The fourth-order valence-corrected chi connectivity index (χ4v) is 1.71. The monoisotopic (exact) mass is 224 g/mol. The quantitative estimate of drug-likeness (QED) is 0.728. The third kappa shape index (κ3) is 1.88. The number of aliphatic hydroxyl groups excluding tert-OH is 1. The average molecular weight is 224 g/mol. The molecule has 1 heterocycles. The lowest BCUT2D eigenvalue weighted by atomic mass is 10.2. The van der Waals surface area contributed by atoms with Crippen molar-refractivity contribution in [3.8, 4) is 0 Å². The van der Waals surface area contributed by atoms with Crippen LogP contribution in [0.25, 0.3) is 0 Å². The summed E-state index contributed by atoms with van der Waals surface area (Å²) in [5.74, 6) is 0.232. The predicted octanol–water partition coefficient (Wildman–Crippen LogP) is -0.401. The minimum atomic E-state index is -0.137. The van der Waals surface area contributed by atoms with Gasteiger partial charge in [-0.2, -0.15) is 5.10 Å². The van der Waals surface area contributed by atoms with Crippen LogP contribution in [0.2, 0.25) is 0 Å². The number of rotatable bonds is 4. The highest BCUT2D eigenvalue weighted by molar-refractivity contribution is 5.98. The van der Waals surface area contributed by atoms with Crippen molar-refractivity contribution in [3.63, 3.8) is 0 Å². The molecule has 1 saturated carbocycles. The van der Waals surface area contributed by atoms with Crippen LogP contribution in [-0.4, -0.2) is 44.9 Å². The molecule has 1 amide bonds. The van der Waals surface area contributed by atoms with Crippen LogP contribution >= 0.6 is 0 Å². The summed E-state index contributed by atoms with van der Waals surface area (Å²) in [7, 11) is 1.69. The van der Waals surface area contributed by atoms with Gasteiger partial charge in [-0.25, -0.2) is 0 Å². The summed E-state index contributed by atoms with van der Waals surface area (Å²) < 4.78 is 1.47. The van der Waals surface area contributed by atoms with Gasteiger partial charge in [-0.15, -0.1) is 0 Å². The van der Waals surface area contributed by atoms with Gasteiger partial charge in [0.1, 0.15) is 11.4 Å². The molecule has 0 unspecified atom stereocenters. The van der Waals surface area contributed by atoms with Gasteiger partial charge in [0.25, 0.3) is 5.91 Å². The van der Waals surface area contributed by atoms with Gasteiger partial charge >= 0.3 is 0 Å². The Bertz CT molecular complexity index is 398. The van der Waals surface area contributed by atoms with Gasteiger partial charge in [0.2, 0.25) is 0 Å². The number of hydrogen-bond donors (Lipinski definition) is 2. The number of hydrogen-bond acceptors (Lipinski definition) is 4. The van der Waals surface area contributed by atoms with Gasteiger partial charge in [0, 0.05) is 19.6 Å². The third-order valence-electron chi connectivity index (χ3n) is 2.80. The first-order valence-corrected chi connectivity index (χ1v) is 5.34. The highest BCUT2D eigenvalue weighted by Gasteiger charge is 2.33. The van der Waals surface area contributed by atoms with Crippen LogP contribution in [0, 0.1) is 0 Å². The maximum absolute atomic E-state index is 12.1. The Hall–Kier alpha value is -1.56. The highest BCUT2D eigenvalue weighted by Crippen LogP contribution is 2.28. The lowest BCUT2D eigenvalue weighted by molar-refractivity contribution is 0.0708. The maximum Gasteiger partial charge on any atom is 0.259 e. The Morgan fingerprint density at radius 2 is 2.44 bits per heavy atom. The Morgan fingerprint density at radius 3 is 2.88 bits per heavy atom. The topological polar surface area (TPSA) is 84.4 Å². The average Bonchev–Trinajstić information content (AvgIpc) is 3.04. The lowest BCUT2D eigenvalue weighted by Gasteiger charge is -2.20. The van der Waals surface area contributed by atoms with Crippen molar-refractivity contribution in [3.05, 3.63) is 11.8 Å². The molecule has 1 fully saturated rings. The molecule has 1 aliphatic rings. The van der Waals surface area contributed by atoms with Crippen LogP contribution in [0.5, 0.6) is 0 Å². The molecule has 0 radical (unpaired) electrons. The van der Waals surface area contributed by atoms with Crippen LogP contribution < -0.4 is 5.73 Å². The van der Waals surface area contributed by atoms with E-state index < -0.39 is 0 Å². The Kier molecular flexibility index (Phi) is 2.82. The Labute approximate surface area is 93.6 Å². The van der Waals surface area contributed by atoms with Gasteiger partial charge in [0.05, 0.1) is 12.8 Å². The zero-order chi connectivity index (χ0) is 11.7. The first-order valence-electron chi connectivity index (χ1n) is 5.34. The molecule has 3 N–H and O–H groups in total. The molecule has 2 rings (SSSR count). The van der Waals surface area contributed by atoms with Gasteiger partial charge in [0.15, 0.2) is 0 Å². The van der Waals surface area contributed by atoms with Gasteiger partial charge in [-0.05, 0) is 12.8 Å². The van der Waals surface area contributed by atoms with E-state index in [-0.39, 0.29) is 18.6 Å². The number of aromatic nitrogens is 2. The van der Waals surface area contributed by atoms with Crippen molar-refractivity contribution in [2.45, 2.75) is 18.9 Å². The number of carbonyl (C=O) groups excluding carboxylic acids is 1. The molecule has 0 spiro atoms. The van der Waals surface area contributed by atoms with E-state index in [0.29, 0.717) is 17.9 Å². The number of aliphatic hydroxyl groups is 1. The summed E-state index contributed by atoms with van der Waals surface area (Å²) in [6.45, 7) is 0.334. The van der Waals surface area contributed by atoms with Gasteiger partial charge < -0.3 is 15.7 Å². The van der Waals surface area contributed by atoms with Crippen molar-refractivity contribution in [2.24, 2.45) is 7.05 Å². The number of aryl methyl sites for hydroxylation is 1. The largest absolute Gasteiger partial charge is 0.395 e. The van der Waals surface area contributed by atoms with E-state index in [9.17, 15) is 4.79 Å². The molecular weight excluding hydrogens is 208 g/mol. The highest BCUT2D eigenvalue weighted by atomic mass is 16.3. The molecule has 1 aromatic heterocycles. The van der Waals surface area contributed by atoms with E-state index in [1.807, 2.05) is 0 Å². The normalized spacial score (nSPS) is 15.1. The summed E-state index contributed by atoms with van der Waals surface area (Å²) in [6, 6.07) is 0.263. The third-order valence-corrected chi connectivity index (χ3v) is 2.80. The van der Waals surface area contributed by atoms with Crippen molar-refractivity contribution >= 4 is 11.7 Å². The number of anilines is 1. The maximum atomic E-state index is 12.1. The molecule has 88 valence electrons. The molecule has 6 nitrogen and oxygen atoms in total. The van der Waals surface area contributed by atoms with E-state index in [1.165, 1.54) is 10.9 Å². The number of amides is 1. The second-order valence-corrected chi connectivity index (χ2v) is 4.02. The molecule has 1 aliphatic carbocycles. The van der Waals surface area contributed by atoms with Crippen molar-refractivity contribution < 1.29 is 9.90 Å². The summed E-state index contributed by atoms with van der Waals surface area (Å²) >= 11 is 0. The summed E-state index contributed by atoms with van der Waals surface area (Å²) in [6.07, 6.45) is 3.49. The van der Waals surface area contributed by atoms with Gasteiger partial charge in [-0.3, -0.25) is 9.48 Å². The molecule has 0 saturated heterocycles. The van der Waals surface area contributed by atoms with Crippen molar-refractivity contribution in [1.29, 1.82) is 0 Å². The van der Waals surface area contributed by atoms with E-state index in [1.54, 1.807) is 11.9 Å². The van der Waals surface area contributed by atoms with Gasteiger partial charge in [-0.1, -0.05) is 0 Å². The van der Waals surface area contributed by atoms with E-state index in [0.717, 1.165) is 12.8 Å². The van der Waals surface area contributed by atoms with Crippen molar-refractivity contribution in [2.75, 3.05) is 18.9 Å². The zero-order valence-corrected chi connectivity index (χ0v) is 9.26. The summed E-state index contributed by atoms with van der Waals surface area (Å²) in [5.41, 5.74) is 6.17. The fourth-order valence-electron chi connectivity index (χ4n) is 1.71. The molecule has 6 heteroatoms. The molecule has 0 bridgehead atoms. The predicted molar refractivity (Wildman–Crippen MR) is 58.8 cm³/mol. The molecule has 0 atom stereocenters. The minimum absolute atomic E-state index is 0.0254. The number of nitrogens with two attached hydrogens (primary N) is 1. The number of nitrogen functional groups attached to an aromatic ring is 1. The minimum Gasteiger partial charge on any atom is -0.395 e. The fraction of sp³-hybridized carbons (Fsp3) is 0.600. The molecular formula is C10H16N4O2. The first kappa shape index (κ1) is 10.9. The second kappa shape index (κ2) is 4.13. The van der Waals surface area contributed by atoms with E-state index in [4.69, 9.17) is 10.8 Å². The van der Waals surface area contributed by atoms with E-state index in [2.05, 4.69) is 5.10 Å². The molecule has 1 aromatic rings. The summed E-state index contributed by atoms with van der Waals surface area (Å²) in [5, 5.41) is 12.9. The van der Waals surface area contributed by atoms with Crippen LogP contribution in [0.4, 0.5) is 5.82 Å². The first-order chi connectivity index (χ1) is 7.65. The Morgan fingerprint density at radius 1 is 1.75 bits per heavy atom. The number of nitrogens with zero attached hydrogens (tertiary/aromatic N) is 3. The standard InChI is InChI=1S/C10H16N4O2/c1-13-9(11)8(6-12-13)10(16)14(4-5-15)7-2-3-7/h6-7,15H,2-5,11H2,1H3. The van der Waals surface area contributed by atoms with Crippen LogP contribution in [0.3, 0.4) is 0 Å². The lowest BCUT2D eigenvalue weighted by Crippen LogP contribution is -2.35. The van der Waals surface area contributed by atoms with Crippen LogP contribution in [0.1, 0.15) is 23.2 Å². The summed E-state index contributed by atoms with van der Waals surface area (Å²) in [4.78, 5) is 13.8. The second-order valence-electron chi connectivity index (χ2n) is 4.02. The molecule has 0 aromatic carbocycles. The van der Waals surface area contributed by atoms with Crippen LogP contribution in [0.15, 0.2) is 6.20 Å². The molecule has 16 heavy (non-hydrogen) atoms. The molecule has 0 aliphatic heterocycles. The zero-order valence-electron chi connectivity index (χ0n) is 9.26.